The van der Waals surface area contributed by atoms with Crippen LogP contribution in [0, 0.1) is 0 Å². The molecule has 0 aromatic heterocycles. The van der Waals surface area contributed by atoms with Crippen LogP contribution in [0.2, 0.25) is 5.02 Å². The van der Waals surface area contributed by atoms with E-state index in [4.69, 9.17) is 11.6 Å². The highest BCUT2D eigenvalue weighted by Gasteiger charge is 2.37. The number of anilines is 1. The van der Waals surface area contributed by atoms with E-state index in [1.165, 1.54) is 5.01 Å². The molecule has 1 aliphatic heterocycles. The summed E-state index contributed by atoms with van der Waals surface area (Å²) in [6.07, 6.45) is -0.251. The highest BCUT2D eigenvalue weighted by atomic mass is 35.5. The van der Waals surface area contributed by atoms with Crippen molar-refractivity contribution < 1.29 is 9.90 Å². The standard InChI is InChI=1S/C13H19ClN4O2/c1-3-13(2)8-18(12(20)16-13)17-11(19)15-10-6-4-9(14)5-7-10/h4-7,11,15,17,19H,3,8H2,1-2H3,(H,16,20). The Labute approximate surface area is 123 Å². The maximum absolute atomic E-state index is 11.8. The Balaban J connectivity index is 1.90. The number of carbonyl (C=O) groups is 1. The van der Waals surface area contributed by atoms with Gasteiger partial charge in [0.15, 0.2) is 6.35 Å². The van der Waals surface area contributed by atoms with Crippen molar-refractivity contribution >= 4 is 23.3 Å². The van der Waals surface area contributed by atoms with Gasteiger partial charge in [0.1, 0.15) is 0 Å². The van der Waals surface area contributed by atoms with E-state index in [9.17, 15) is 9.90 Å². The molecule has 2 unspecified atom stereocenters. The van der Waals surface area contributed by atoms with Crippen LogP contribution in [0.1, 0.15) is 20.3 Å². The zero-order chi connectivity index (χ0) is 14.8. The summed E-state index contributed by atoms with van der Waals surface area (Å²) in [4.78, 5) is 11.8. The molecular weight excluding hydrogens is 280 g/mol. The summed E-state index contributed by atoms with van der Waals surface area (Å²) in [5, 5.41) is 17.6. The van der Waals surface area contributed by atoms with Crippen molar-refractivity contribution in [2.75, 3.05) is 11.9 Å². The Morgan fingerprint density at radius 2 is 2.15 bits per heavy atom. The number of carbonyl (C=O) groups excluding carboxylic acids is 1. The zero-order valence-corrected chi connectivity index (χ0v) is 12.2. The van der Waals surface area contributed by atoms with E-state index in [2.05, 4.69) is 16.1 Å². The monoisotopic (exact) mass is 298 g/mol. The maximum Gasteiger partial charge on any atom is 0.332 e. The number of hydrogen-bond acceptors (Lipinski definition) is 4. The van der Waals surface area contributed by atoms with Crippen molar-refractivity contribution in [2.24, 2.45) is 0 Å². The summed E-state index contributed by atoms with van der Waals surface area (Å²) in [7, 11) is 0. The summed E-state index contributed by atoms with van der Waals surface area (Å²) in [5.41, 5.74) is 3.14. The van der Waals surface area contributed by atoms with Gasteiger partial charge in [0.2, 0.25) is 0 Å². The Hall–Kier alpha value is -1.50. The molecule has 4 N–H and O–H groups in total. The van der Waals surface area contributed by atoms with Gasteiger partial charge in [-0.05, 0) is 37.6 Å². The van der Waals surface area contributed by atoms with E-state index in [0.717, 1.165) is 6.42 Å². The molecular formula is C13H19ClN4O2. The molecule has 110 valence electrons. The highest BCUT2D eigenvalue weighted by Crippen LogP contribution is 2.18. The molecule has 1 aromatic rings. The van der Waals surface area contributed by atoms with Crippen LogP contribution in [0.3, 0.4) is 0 Å². The number of hydrogen-bond donors (Lipinski definition) is 4. The van der Waals surface area contributed by atoms with Gasteiger partial charge in [-0.2, -0.15) is 5.43 Å². The lowest BCUT2D eigenvalue weighted by atomic mass is 10.0. The molecule has 6 nitrogen and oxygen atoms in total. The molecule has 0 aliphatic carbocycles. The van der Waals surface area contributed by atoms with Crippen molar-refractivity contribution in [2.45, 2.75) is 32.2 Å². The van der Waals surface area contributed by atoms with Gasteiger partial charge in [0, 0.05) is 10.7 Å². The van der Waals surface area contributed by atoms with Crippen LogP contribution in [0.5, 0.6) is 0 Å². The Kier molecular flexibility index (Phi) is 4.37. The van der Waals surface area contributed by atoms with E-state index < -0.39 is 6.35 Å². The van der Waals surface area contributed by atoms with E-state index in [1.807, 2.05) is 13.8 Å². The first kappa shape index (κ1) is 14.9. The molecule has 7 heteroatoms. The Morgan fingerprint density at radius 3 is 2.70 bits per heavy atom. The van der Waals surface area contributed by atoms with E-state index in [0.29, 0.717) is 17.3 Å². The smallest absolute Gasteiger partial charge is 0.332 e. The SMILES string of the molecule is CCC1(C)CN(NC(O)Nc2ccc(Cl)cc2)C(=O)N1. The van der Waals surface area contributed by atoms with Crippen molar-refractivity contribution in [3.8, 4) is 0 Å². The number of rotatable bonds is 5. The van der Waals surface area contributed by atoms with Crippen molar-refractivity contribution in [1.82, 2.24) is 15.8 Å². The van der Waals surface area contributed by atoms with Gasteiger partial charge in [0.05, 0.1) is 12.1 Å². The van der Waals surface area contributed by atoms with Crippen LogP contribution in [0.25, 0.3) is 0 Å². The molecule has 0 saturated carbocycles. The van der Waals surface area contributed by atoms with Crippen LogP contribution >= 0.6 is 11.6 Å². The average molecular weight is 299 g/mol. The lowest BCUT2D eigenvalue weighted by Crippen LogP contribution is -2.49. The van der Waals surface area contributed by atoms with Crippen LogP contribution in [0.4, 0.5) is 10.5 Å². The molecule has 0 radical (unpaired) electrons. The average Bonchev–Trinajstić information content (AvgIpc) is 2.68. The molecule has 1 saturated heterocycles. The van der Waals surface area contributed by atoms with Crippen LogP contribution in [-0.2, 0) is 0 Å². The quantitative estimate of drug-likeness (QED) is 0.625. The number of benzene rings is 1. The number of nitrogens with zero attached hydrogens (tertiary/aromatic N) is 1. The van der Waals surface area contributed by atoms with Crippen LogP contribution in [0.15, 0.2) is 24.3 Å². The molecule has 0 bridgehead atoms. The number of nitrogens with one attached hydrogen (secondary N) is 3. The predicted molar refractivity (Wildman–Crippen MR) is 78.2 cm³/mol. The molecule has 0 spiro atoms. The Bertz CT molecular complexity index is 482. The fraction of sp³-hybridized carbons (Fsp3) is 0.462. The first-order valence-corrected chi connectivity index (χ1v) is 6.86. The molecule has 2 atom stereocenters. The fourth-order valence-corrected chi connectivity index (χ4v) is 2.10. The Morgan fingerprint density at radius 1 is 1.50 bits per heavy atom. The molecule has 2 amide bonds. The first-order valence-electron chi connectivity index (χ1n) is 6.48. The van der Waals surface area contributed by atoms with E-state index in [1.54, 1.807) is 24.3 Å². The summed E-state index contributed by atoms with van der Waals surface area (Å²) >= 11 is 5.79. The van der Waals surface area contributed by atoms with E-state index >= 15 is 0 Å². The summed E-state index contributed by atoms with van der Waals surface area (Å²) < 4.78 is 0. The normalized spacial score (nSPS) is 23.6. The summed E-state index contributed by atoms with van der Waals surface area (Å²) in [6.45, 7) is 4.46. The summed E-state index contributed by atoms with van der Waals surface area (Å²) in [5.74, 6) is 0. The van der Waals surface area contributed by atoms with Crippen molar-refractivity contribution in [3.63, 3.8) is 0 Å². The largest absolute Gasteiger partial charge is 0.360 e. The third kappa shape index (κ3) is 3.53. The lowest BCUT2D eigenvalue weighted by molar-refractivity contribution is 0.0798. The lowest BCUT2D eigenvalue weighted by Gasteiger charge is -2.24. The molecule has 1 heterocycles. The summed E-state index contributed by atoms with van der Waals surface area (Å²) in [6, 6.07) is 6.67. The fourth-order valence-electron chi connectivity index (χ4n) is 1.97. The molecule has 1 aromatic carbocycles. The van der Waals surface area contributed by atoms with Crippen molar-refractivity contribution in [3.05, 3.63) is 29.3 Å². The number of hydrazine groups is 1. The predicted octanol–water partition coefficient (Wildman–Crippen LogP) is 1.73. The highest BCUT2D eigenvalue weighted by molar-refractivity contribution is 6.30. The first-order chi connectivity index (χ1) is 9.42. The second-order valence-corrected chi connectivity index (χ2v) is 5.55. The number of aliphatic hydroxyl groups is 1. The third-order valence-corrected chi connectivity index (χ3v) is 3.62. The van der Waals surface area contributed by atoms with E-state index in [-0.39, 0.29) is 11.6 Å². The minimum absolute atomic E-state index is 0.244. The molecule has 20 heavy (non-hydrogen) atoms. The molecule has 1 fully saturated rings. The van der Waals surface area contributed by atoms with Gasteiger partial charge in [-0.25, -0.2) is 4.79 Å². The maximum atomic E-state index is 11.8. The molecule has 2 rings (SSSR count). The number of aliphatic hydroxyl groups excluding tert-OH is 1. The van der Waals surface area contributed by atoms with Gasteiger partial charge < -0.3 is 15.7 Å². The van der Waals surface area contributed by atoms with Gasteiger partial charge in [-0.3, -0.25) is 5.01 Å². The number of amides is 2. The number of urea groups is 1. The van der Waals surface area contributed by atoms with Gasteiger partial charge >= 0.3 is 6.03 Å². The molecule has 1 aliphatic rings. The second kappa shape index (κ2) is 5.87. The zero-order valence-electron chi connectivity index (χ0n) is 11.5. The van der Waals surface area contributed by atoms with Crippen molar-refractivity contribution in [1.29, 1.82) is 0 Å². The third-order valence-electron chi connectivity index (χ3n) is 3.37. The van der Waals surface area contributed by atoms with Gasteiger partial charge in [0.25, 0.3) is 0 Å². The van der Waals surface area contributed by atoms with Gasteiger partial charge in [-0.15, -0.1) is 0 Å². The van der Waals surface area contributed by atoms with Crippen LogP contribution < -0.4 is 16.1 Å². The van der Waals surface area contributed by atoms with Gasteiger partial charge in [-0.1, -0.05) is 18.5 Å². The van der Waals surface area contributed by atoms with Crippen LogP contribution in [-0.4, -0.2) is 34.6 Å². The second-order valence-electron chi connectivity index (χ2n) is 5.11. The number of halogens is 1. The minimum atomic E-state index is -1.07. The topological polar surface area (TPSA) is 76.6 Å². The minimum Gasteiger partial charge on any atom is -0.360 e.